The second-order valence-electron chi connectivity index (χ2n) is 6.17. The van der Waals surface area contributed by atoms with E-state index in [1.54, 1.807) is 4.31 Å². The van der Waals surface area contributed by atoms with Crippen LogP contribution < -0.4 is 10.0 Å². The lowest BCUT2D eigenvalue weighted by molar-refractivity contribution is 0.123. The zero-order valence-corrected chi connectivity index (χ0v) is 13.8. The zero-order valence-electron chi connectivity index (χ0n) is 13.0. The highest BCUT2D eigenvalue weighted by Crippen LogP contribution is 2.28. The van der Waals surface area contributed by atoms with E-state index in [2.05, 4.69) is 10.0 Å². The maximum atomic E-state index is 12.2. The molecule has 0 aromatic carbocycles. The van der Waals surface area contributed by atoms with Gasteiger partial charge in [0, 0.05) is 32.8 Å². The smallest absolute Gasteiger partial charge is 0.279 e. The molecule has 7 heteroatoms. The summed E-state index contributed by atoms with van der Waals surface area (Å²) in [5.74, 6) is 1.36. The van der Waals surface area contributed by atoms with Gasteiger partial charge in [0.15, 0.2) is 0 Å². The predicted octanol–water partition coefficient (Wildman–Crippen LogP) is 0.569. The fourth-order valence-electron chi connectivity index (χ4n) is 2.64. The second-order valence-corrected chi connectivity index (χ2v) is 7.93. The van der Waals surface area contributed by atoms with Crippen LogP contribution >= 0.6 is 0 Å². The molecule has 0 aromatic heterocycles. The van der Waals surface area contributed by atoms with Crippen LogP contribution in [0, 0.1) is 11.8 Å². The maximum Gasteiger partial charge on any atom is 0.279 e. The second kappa shape index (κ2) is 8.43. The average Bonchev–Trinajstić information content (AvgIpc) is 3.28. The Morgan fingerprint density at radius 3 is 2.48 bits per heavy atom. The Labute approximate surface area is 128 Å². The molecule has 21 heavy (non-hydrogen) atoms. The molecule has 0 radical (unpaired) electrons. The average molecular weight is 319 g/mol. The summed E-state index contributed by atoms with van der Waals surface area (Å²) in [4.78, 5) is 0. The van der Waals surface area contributed by atoms with Crippen LogP contribution in [0.25, 0.3) is 0 Å². The van der Waals surface area contributed by atoms with Crippen LogP contribution in [-0.2, 0) is 14.9 Å². The molecule has 2 fully saturated rings. The van der Waals surface area contributed by atoms with Gasteiger partial charge in [-0.1, -0.05) is 0 Å². The van der Waals surface area contributed by atoms with Crippen LogP contribution in [0.5, 0.6) is 0 Å². The Hall–Kier alpha value is -0.210. The molecule has 0 amide bonds. The molecule has 6 nitrogen and oxygen atoms in total. The third-order valence-electron chi connectivity index (χ3n) is 4.21. The SMILES string of the molecule is CNCC1CCN(S(=O)(=O)NCCCOCC2CC2)CC1. The van der Waals surface area contributed by atoms with Crippen molar-refractivity contribution >= 4 is 10.2 Å². The lowest BCUT2D eigenvalue weighted by Crippen LogP contribution is -2.46. The van der Waals surface area contributed by atoms with E-state index in [-0.39, 0.29) is 0 Å². The van der Waals surface area contributed by atoms with Gasteiger partial charge in [-0.2, -0.15) is 12.7 Å². The van der Waals surface area contributed by atoms with Crippen molar-refractivity contribution in [1.29, 1.82) is 0 Å². The third-order valence-corrected chi connectivity index (χ3v) is 5.82. The van der Waals surface area contributed by atoms with E-state index in [0.717, 1.165) is 38.3 Å². The Balaban J connectivity index is 1.57. The quantitative estimate of drug-likeness (QED) is 0.578. The van der Waals surface area contributed by atoms with Gasteiger partial charge in [-0.25, -0.2) is 4.72 Å². The standard InChI is InChI=1S/C14H29N3O3S/c1-15-11-13-5-8-17(9-6-13)21(18,19)16-7-2-10-20-12-14-3-4-14/h13-16H,2-12H2,1H3. The van der Waals surface area contributed by atoms with Gasteiger partial charge in [-0.3, -0.25) is 0 Å². The van der Waals surface area contributed by atoms with Crippen LogP contribution in [0.2, 0.25) is 0 Å². The molecule has 0 atom stereocenters. The van der Waals surface area contributed by atoms with Crippen molar-refractivity contribution in [3.05, 3.63) is 0 Å². The molecule has 0 unspecified atom stereocenters. The van der Waals surface area contributed by atoms with Gasteiger partial charge < -0.3 is 10.1 Å². The molecule has 0 bridgehead atoms. The number of hydrogen-bond donors (Lipinski definition) is 2. The first-order valence-corrected chi connectivity index (χ1v) is 9.53. The Kier molecular flexibility index (Phi) is 6.88. The monoisotopic (exact) mass is 319 g/mol. The summed E-state index contributed by atoms with van der Waals surface area (Å²) in [7, 11) is -1.37. The minimum Gasteiger partial charge on any atom is -0.381 e. The van der Waals surface area contributed by atoms with Crippen molar-refractivity contribution < 1.29 is 13.2 Å². The van der Waals surface area contributed by atoms with E-state index in [1.807, 2.05) is 7.05 Å². The van der Waals surface area contributed by atoms with Crippen LogP contribution in [-0.4, -0.2) is 59.2 Å². The van der Waals surface area contributed by atoms with Crippen LogP contribution in [0.3, 0.4) is 0 Å². The van der Waals surface area contributed by atoms with E-state index in [0.29, 0.717) is 32.2 Å². The summed E-state index contributed by atoms with van der Waals surface area (Å²) in [5, 5.41) is 3.16. The number of ether oxygens (including phenoxy) is 1. The Morgan fingerprint density at radius 1 is 1.14 bits per heavy atom. The molecule has 1 saturated carbocycles. The number of piperidine rings is 1. The highest BCUT2D eigenvalue weighted by Gasteiger charge is 2.27. The van der Waals surface area contributed by atoms with E-state index < -0.39 is 10.2 Å². The van der Waals surface area contributed by atoms with Crippen molar-refractivity contribution in [2.75, 3.05) is 46.4 Å². The van der Waals surface area contributed by atoms with Gasteiger partial charge in [0.2, 0.25) is 0 Å². The summed E-state index contributed by atoms with van der Waals surface area (Å²) in [5.41, 5.74) is 0. The van der Waals surface area contributed by atoms with Crippen molar-refractivity contribution in [3.63, 3.8) is 0 Å². The number of rotatable bonds is 10. The summed E-state index contributed by atoms with van der Waals surface area (Å²) >= 11 is 0. The van der Waals surface area contributed by atoms with E-state index in [9.17, 15) is 8.42 Å². The molecule has 1 saturated heterocycles. The molecule has 0 aromatic rings. The van der Waals surface area contributed by atoms with Crippen LogP contribution in [0.15, 0.2) is 0 Å². The van der Waals surface area contributed by atoms with Gasteiger partial charge in [-0.05, 0) is 57.5 Å². The summed E-state index contributed by atoms with van der Waals surface area (Å²) in [6, 6.07) is 0. The number of nitrogens with zero attached hydrogens (tertiary/aromatic N) is 1. The minimum absolute atomic E-state index is 0.462. The molecule has 0 spiro atoms. The van der Waals surface area contributed by atoms with Gasteiger partial charge in [0.25, 0.3) is 10.2 Å². The molecule has 1 aliphatic heterocycles. The van der Waals surface area contributed by atoms with Gasteiger partial charge in [-0.15, -0.1) is 0 Å². The van der Waals surface area contributed by atoms with Crippen molar-refractivity contribution in [2.24, 2.45) is 11.8 Å². The summed E-state index contributed by atoms with van der Waals surface area (Å²) < 4.78 is 34.1. The van der Waals surface area contributed by atoms with Gasteiger partial charge >= 0.3 is 0 Å². The predicted molar refractivity (Wildman–Crippen MR) is 83.3 cm³/mol. The molecular formula is C14H29N3O3S. The Morgan fingerprint density at radius 2 is 1.86 bits per heavy atom. The van der Waals surface area contributed by atoms with Crippen molar-refractivity contribution in [1.82, 2.24) is 14.3 Å². The minimum atomic E-state index is -3.31. The summed E-state index contributed by atoms with van der Waals surface area (Å²) in [6.45, 7) is 4.16. The van der Waals surface area contributed by atoms with Gasteiger partial charge in [0.05, 0.1) is 0 Å². The maximum absolute atomic E-state index is 12.2. The van der Waals surface area contributed by atoms with E-state index in [1.165, 1.54) is 12.8 Å². The Bertz CT molecular complexity index is 390. The fraction of sp³-hybridized carbons (Fsp3) is 1.00. The fourth-order valence-corrected chi connectivity index (χ4v) is 3.92. The molecular weight excluding hydrogens is 290 g/mol. The number of hydrogen-bond acceptors (Lipinski definition) is 4. The van der Waals surface area contributed by atoms with E-state index in [4.69, 9.17) is 4.74 Å². The first-order valence-electron chi connectivity index (χ1n) is 8.09. The number of nitrogens with one attached hydrogen (secondary N) is 2. The molecule has 1 heterocycles. The van der Waals surface area contributed by atoms with Gasteiger partial charge in [0.1, 0.15) is 0 Å². The topological polar surface area (TPSA) is 70.7 Å². The van der Waals surface area contributed by atoms with Crippen LogP contribution in [0.1, 0.15) is 32.1 Å². The highest BCUT2D eigenvalue weighted by molar-refractivity contribution is 7.87. The zero-order chi connectivity index (χ0) is 15.1. The van der Waals surface area contributed by atoms with Crippen molar-refractivity contribution in [3.8, 4) is 0 Å². The normalized spacial score (nSPS) is 21.8. The molecule has 2 N–H and O–H groups in total. The molecule has 2 aliphatic rings. The van der Waals surface area contributed by atoms with Crippen LogP contribution in [0.4, 0.5) is 0 Å². The van der Waals surface area contributed by atoms with Crippen molar-refractivity contribution in [2.45, 2.75) is 32.1 Å². The molecule has 124 valence electrons. The highest BCUT2D eigenvalue weighted by atomic mass is 32.2. The molecule has 2 rings (SSSR count). The third kappa shape index (κ3) is 6.20. The largest absolute Gasteiger partial charge is 0.381 e. The lowest BCUT2D eigenvalue weighted by atomic mass is 9.98. The lowest BCUT2D eigenvalue weighted by Gasteiger charge is -2.31. The summed E-state index contributed by atoms with van der Waals surface area (Å²) in [6.07, 6.45) is 5.19. The molecule has 1 aliphatic carbocycles. The van der Waals surface area contributed by atoms with E-state index >= 15 is 0 Å². The first-order chi connectivity index (χ1) is 10.1. The first kappa shape index (κ1) is 17.1.